The third kappa shape index (κ3) is 5.59. The van der Waals surface area contributed by atoms with Crippen molar-refractivity contribution in [2.75, 3.05) is 0 Å². The first-order valence-electron chi connectivity index (χ1n) is 4.79. The summed E-state index contributed by atoms with van der Waals surface area (Å²) in [7, 11) is 0. The molecule has 0 amide bonds. The van der Waals surface area contributed by atoms with E-state index in [1.54, 1.807) is 0 Å². The Kier molecular flexibility index (Phi) is 5.53. The quantitative estimate of drug-likeness (QED) is 0.485. The van der Waals surface area contributed by atoms with Crippen molar-refractivity contribution < 1.29 is 14.3 Å². The van der Waals surface area contributed by atoms with E-state index in [1.165, 1.54) is 6.92 Å². The summed E-state index contributed by atoms with van der Waals surface area (Å²) in [6.45, 7) is 1.40. The van der Waals surface area contributed by atoms with Gasteiger partial charge in [0, 0.05) is 6.92 Å². The second-order valence-electron chi connectivity index (χ2n) is 3.28. The third-order valence-corrected chi connectivity index (χ3v) is 2.32. The molecule has 1 aromatic rings. The van der Waals surface area contributed by atoms with Crippen LogP contribution in [-0.2, 0) is 20.9 Å². The lowest BCUT2D eigenvalue weighted by Crippen LogP contribution is -2.33. The maximum atomic E-state index is 10.8. The molecular weight excluding hydrogens is 286 g/mol. The molecule has 0 bridgehead atoms. The molecule has 17 heavy (non-hydrogen) atoms. The van der Waals surface area contributed by atoms with Crippen LogP contribution in [0.1, 0.15) is 12.5 Å². The van der Waals surface area contributed by atoms with Crippen LogP contribution in [-0.4, -0.2) is 16.1 Å². The number of hydrogen-bond acceptors (Lipinski definition) is 3. The summed E-state index contributed by atoms with van der Waals surface area (Å²) in [4.78, 5) is 10.8. The molecule has 3 nitrogen and oxygen atoms in total. The summed E-state index contributed by atoms with van der Waals surface area (Å²) in [6, 6.07) is 9.29. The minimum absolute atomic E-state index is 0.187. The Labute approximate surface area is 115 Å². The monoisotopic (exact) mass is 296 g/mol. The normalized spacial score (nSPS) is 13.2. The Hall–Kier alpha value is -0.480. The first kappa shape index (κ1) is 14.6. The van der Waals surface area contributed by atoms with Crippen LogP contribution in [0.2, 0.25) is 0 Å². The molecule has 0 N–H and O–H groups in total. The van der Waals surface area contributed by atoms with Gasteiger partial charge in [0.2, 0.25) is 0 Å². The fourth-order valence-corrected chi connectivity index (χ4v) is 1.41. The molecule has 0 radical (unpaired) electrons. The zero-order valence-electron chi connectivity index (χ0n) is 9.03. The number of benzene rings is 1. The second-order valence-corrected chi connectivity index (χ2v) is 5.65. The number of alkyl halides is 3. The van der Waals surface area contributed by atoms with Crippen LogP contribution in [0.3, 0.4) is 0 Å². The molecule has 0 fully saturated rings. The van der Waals surface area contributed by atoms with E-state index < -0.39 is 16.1 Å². The maximum absolute atomic E-state index is 10.8. The van der Waals surface area contributed by atoms with E-state index in [0.717, 1.165) is 5.56 Å². The predicted molar refractivity (Wildman–Crippen MR) is 67.1 cm³/mol. The molecule has 6 heteroatoms. The first-order chi connectivity index (χ1) is 7.89. The molecular formula is C11H11Cl3O3. The van der Waals surface area contributed by atoms with Crippen LogP contribution in [0.25, 0.3) is 0 Å². The minimum atomic E-state index is -1.82. The minimum Gasteiger partial charge on any atom is -0.431 e. The maximum Gasteiger partial charge on any atom is 0.305 e. The van der Waals surface area contributed by atoms with E-state index >= 15 is 0 Å². The molecule has 0 aliphatic carbocycles. The predicted octanol–water partition coefficient (Wildman–Crippen LogP) is 3.46. The summed E-state index contributed by atoms with van der Waals surface area (Å²) < 4.78 is 8.23. The molecule has 1 rings (SSSR count). The van der Waals surface area contributed by atoms with Gasteiger partial charge >= 0.3 is 5.97 Å². The van der Waals surface area contributed by atoms with Crippen LogP contribution < -0.4 is 0 Å². The van der Waals surface area contributed by atoms with E-state index in [2.05, 4.69) is 0 Å². The zero-order valence-corrected chi connectivity index (χ0v) is 11.3. The smallest absolute Gasteiger partial charge is 0.305 e. The van der Waals surface area contributed by atoms with E-state index in [4.69, 9.17) is 44.3 Å². The summed E-state index contributed by atoms with van der Waals surface area (Å²) in [5.74, 6) is -0.575. The molecule has 0 saturated heterocycles. The topological polar surface area (TPSA) is 35.5 Å². The van der Waals surface area contributed by atoms with Gasteiger partial charge in [-0.15, -0.1) is 0 Å². The number of rotatable bonds is 4. The van der Waals surface area contributed by atoms with E-state index in [0.29, 0.717) is 0 Å². The van der Waals surface area contributed by atoms with Crippen LogP contribution in [0, 0.1) is 0 Å². The average Bonchev–Trinajstić information content (AvgIpc) is 2.23. The lowest BCUT2D eigenvalue weighted by atomic mass is 10.2. The number of halogens is 3. The highest BCUT2D eigenvalue weighted by atomic mass is 35.6. The van der Waals surface area contributed by atoms with Crippen molar-refractivity contribution in [3.05, 3.63) is 35.9 Å². The van der Waals surface area contributed by atoms with Gasteiger partial charge in [0.25, 0.3) is 10.1 Å². The molecule has 1 unspecified atom stereocenters. The summed E-state index contributed by atoms with van der Waals surface area (Å²) in [5, 5.41) is 0. The fraction of sp³-hybridized carbons (Fsp3) is 0.364. The molecule has 0 heterocycles. The molecule has 94 valence electrons. The van der Waals surface area contributed by atoms with E-state index in [-0.39, 0.29) is 6.61 Å². The van der Waals surface area contributed by atoms with Crippen molar-refractivity contribution in [2.24, 2.45) is 0 Å². The van der Waals surface area contributed by atoms with Gasteiger partial charge in [0.05, 0.1) is 6.61 Å². The number of ether oxygens (including phenoxy) is 2. The Balaban J connectivity index is 2.59. The molecule has 1 aromatic carbocycles. The Morgan fingerprint density at radius 3 is 2.35 bits per heavy atom. The fourth-order valence-electron chi connectivity index (χ4n) is 1.09. The third-order valence-electron chi connectivity index (χ3n) is 1.78. The van der Waals surface area contributed by atoms with Gasteiger partial charge in [-0.3, -0.25) is 4.79 Å². The SMILES string of the molecule is CC(=O)OC(OCc1ccccc1)C(Cl)(Cl)Cl. The van der Waals surface area contributed by atoms with Gasteiger partial charge in [-0.2, -0.15) is 0 Å². The van der Waals surface area contributed by atoms with E-state index in [1.807, 2.05) is 30.3 Å². The van der Waals surface area contributed by atoms with Crippen molar-refractivity contribution in [1.29, 1.82) is 0 Å². The molecule has 1 atom stereocenters. The van der Waals surface area contributed by atoms with Crippen molar-refractivity contribution >= 4 is 40.8 Å². The lowest BCUT2D eigenvalue weighted by molar-refractivity contribution is -0.177. The standard InChI is InChI=1S/C11H11Cl3O3/c1-8(15)17-10(11(12,13)14)16-7-9-5-3-2-4-6-9/h2-6,10H,7H2,1H3. The van der Waals surface area contributed by atoms with Crippen LogP contribution in [0.4, 0.5) is 0 Å². The second kappa shape index (κ2) is 6.45. The highest BCUT2D eigenvalue weighted by molar-refractivity contribution is 6.68. The highest BCUT2D eigenvalue weighted by Crippen LogP contribution is 2.33. The van der Waals surface area contributed by atoms with Crippen LogP contribution in [0.15, 0.2) is 30.3 Å². The van der Waals surface area contributed by atoms with Gasteiger partial charge < -0.3 is 9.47 Å². The molecule has 0 aliphatic rings. The summed E-state index contributed by atoms with van der Waals surface area (Å²) >= 11 is 16.9. The van der Waals surface area contributed by atoms with Crippen molar-refractivity contribution in [3.63, 3.8) is 0 Å². The van der Waals surface area contributed by atoms with Crippen molar-refractivity contribution in [3.8, 4) is 0 Å². The Bertz CT molecular complexity index is 362. The van der Waals surface area contributed by atoms with Gasteiger partial charge in [-0.05, 0) is 5.56 Å². The van der Waals surface area contributed by atoms with Crippen LogP contribution in [0.5, 0.6) is 0 Å². The number of carbonyl (C=O) groups excluding carboxylic acids is 1. The van der Waals surface area contributed by atoms with E-state index in [9.17, 15) is 4.79 Å². The molecule has 0 aromatic heterocycles. The Morgan fingerprint density at radius 2 is 1.88 bits per heavy atom. The summed E-state index contributed by atoms with van der Waals surface area (Å²) in [6.07, 6.45) is -1.23. The number of carbonyl (C=O) groups is 1. The van der Waals surface area contributed by atoms with Gasteiger partial charge in [0.15, 0.2) is 0 Å². The Morgan fingerprint density at radius 1 is 1.29 bits per heavy atom. The van der Waals surface area contributed by atoms with Crippen molar-refractivity contribution in [2.45, 2.75) is 23.6 Å². The number of esters is 1. The summed E-state index contributed by atoms with van der Waals surface area (Å²) in [5.41, 5.74) is 0.888. The molecule has 0 spiro atoms. The van der Waals surface area contributed by atoms with Gasteiger partial charge in [-0.1, -0.05) is 65.1 Å². The van der Waals surface area contributed by atoms with Gasteiger partial charge in [-0.25, -0.2) is 0 Å². The highest BCUT2D eigenvalue weighted by Gasteiger charge is 2.36. The molecule has 0 aliphatic heterocycles. The lowest BCUT2D eigenvalue weighted by Gasteiger charge is -2.23. The van der Waals surface area contributed by atoms with Crippen LogP contribution >= 0.6 is 34.8 Å². The van der Waals surface area contributed by atoms with Crippen molar-refractivity contribution in [1.82, 2.24) is 0 Å². The number of hydrogen-bond donors (Lipinski definition) is 0. The zero-order chi connectivity index (χ0) is 12.9. The van der Waals surface area contributed by atoms with Gasteiger partial charge in [0.1, 0.15) is 0 Å². The molecule has 0 saturated carbocycles. The largest absolute Gasteiger partial charge is 0.431 e. The average molecular weight is 298 g/mol. The first-order valence-corrected chi connectivity index (χ1v) is 5.92.